The smallest absolute Gasteiger partial charge is 0.135 e. The van der Waals surface area contributed by atoms with Gasteiger partial charge in [-0.3, -0.25) is 0 Å². The zero-order valence-corrected chi connectivity index (χ0v) is 8.50. The molecule has 0 aliphatic rings. The van der Waals surface area contributed by atoms with Crippen LogP contribution in [0.3, 0.4) is 0 Å². The third-order valence-corrected chi connectivity index (χ3v) is 1.50. The first-order chi connectivity index (χ1) is 5.87. The largest absolute Gasteiger partial charge is 0.390 e. The summed E-state index contributed by atoms with van der Waals surface area (Å²) in [5.41, 5.74) is -0.764. The van der Waals surface area contributed by atoms with Crippen molar-refractivity contribution < 1.29 is 5.11 Å². The van der Waals surface area contributed by atoms with E-state index < -0.39 is 5.60 Å². The van der Waals surface area contributed by atoms with Crippen molar-refractivity contribution in [3.63, 3.8) is 0 Å². The number of aryl methyl sites for hydroxylation is 2. The lowest BCUT2D eigenvalue weighted by Crippen LogP contribution is -2.24. The van der Waals surface area contributed by atoms with E-state index in [9.17, 15) is 5.11 Å². The van der Waals surface area contributed by atoms with Crippen LogP contribution in [-0.4, -0.2) is 25.7 Å². The fraction of sp³-hybridized carbons (Fsp3) is 0.667. The minimum absolute atomic E-state index is 0.456. The minimum atomic E-state index is -0.764. The van der Waals surface area contributed by atoms with Crippen molar-refractivity contribution in [3.05, 3.63) is 17.5 Å². The van der Waals surface area contributed by atoms with Gasteiger partial charge < -0.3 is 5.11 Å². The molecule has 0 amide bonds. The highest BCUT2D eigenvalue weighted by molar-refractivity contribution is 4.97. The fourth-order valence-corrected chi connectivity index (χ4v) is 1.15. The molecule has 0 saturated carbocycles. The quantitative estimate of drug-likeness (QED) is 0.733. The number of rotatable bonds is 2. The molecule has 0 aromatic carbocycles. The van der Waals surface area contributed by atoms with Crippen molar-refractivity contribution in [2.45, 2.75) is 39.7 Å². The van der Waals surface area contributed by atoms with Gasteiger partial charge in [-0.15, -0.1) is 0 Å². The summed E-state index contributed by atoms with van der Waals surface area (Å²) in [6, 6.07) is 0. The monoisotopic (exact) mass is 181 g/mol. The standard InChI is InChI=1S/C9H15N3O/c1-6-10-7(2)12-8(11-6)5-9(3,4)13/h13H,5H2,1-4H3. The second-order valence-electron chi connectivity index (χ2n) is 3.84. The zero-order valence-electron chi connectivity index (χ0n) is 8.50. The van der Waals surface area contributed by atoms with Crippen molar-refractivity contribution in [2.75, 3.05) is 0 Å². The Kier molecular flexibility index (Phi) is 2.61. The highest BCUT2D eigenvalue weighted by Gasteiger charge is 2.15. The molecule has 0 aliphatic carbocycles. The van der Waals surface area contributed by atoms with Crippen LogP contribution in [-0.2, 0) is 6.42 Å². The number of hydrogen-bond donors (Lipinski definition) is 1. The van der Waals surface area contributed by atoms with Crippen LogP contribution in [0.1, 0.15) is 31.3 Å². The lowest BCUT2D eigenvalue weighted by molar-refractivity contribution is 0.0786. The summed E-state index contributed by atoms with van der Waals surface area (Å²) in [6.45, 7) is 7.12. The van der Waals surface area contributed by atoms with Gasteiger partial charge in [0.2, 0.25) is 0 Å². The number of aromatic nitrogens is 3. The van der Waals surface area contributed by atoms with Crippen LogP contribution in [0.4, 0.5) is 0 Å². The number of hydrogen-bond acceptors (Lipinski definition) is 4. The third-order valence-electron chi connectivity index (χ3n) is 1.50. The Morgan fingerprint density at radius 3 is 1.92 bits per heavy atom. The van der Waals surface area contributed by atoms with E-state index in [1.165, 1.54) is 0 Å². The van der Waals surface area contributed by atoms with Crippen LogP contribution in [0, 0.1) is 13.8 Å². The summed E-state index contributed by atoms with van der Waals surface area (Å²) in [5.74, 6) is 2.05. The molecule has 0 radical (unpaired) electrons. The number of nitrogens with zero attached hydrogens (tertiary/aromatic N) is 3. The van der Waals surface area contributed by atoms with E-state index in [4.69, 9.17) is 0 Å². The Hall–Kier alpha value is -1.03. The summed E-state index contributed by atoms with van der Waals surface area (Å²) in [7, 11) is 0. The SMILES string of the molecule is Cc1nc(C)nc(CC(C)(C)O)n1. The molecule has 1 aromatic rings. The van der Waals surface area contributed by atoms with Crippen LogP contribution >= 0.6 is 0 Å². The molecular weight excluding hydrogens is 166 g/mol. The summed E-state index contributed by atoms with van der Waals surface area (Å²) >= 11 is 0. The van der Waals surface area contributed by atoms with E-state index in [0.717, 1.165) is 0 Å². The Balaban J connectivity index is 2.90. The molecule has 72 valence electrons. The van der Waals surface area contributed by atoms with Gasteiger partial charge in [0.05, 0.1) is 5.60 Å². The molecule has 13 heavy (non-hydrogen) atoms. The van der Waals surface area contributed by atoms with Crippen LogP contribution in [0.15, 0.2) is 0 Å². The molecule has 4 nitrogen and oxygen atoms in total. The summed E-state index contributed by atoms with van der Waals surface area (Å²) in [4.78, 5) is 12.3. The van der Waals surface area contributed by atoms with E-state index >= 15 is 0 Å². The highest BCUT2D eigenvalue weighted by Crippen LogP contribution is 2.08. The van der Waals surface area contributed by atoms with Gasteiger partial charge in [0.15, 0.2) is 0 Å². The first-order valence-electron chi connectivity index (χ1n) is 4.27. The molecule has 0 aliphatic heterocycles. The Bertz CT molecular complexity index is 284. The normalized spacial score (nSPS) is 11.8. The molecule has 0 atom stereocenters. The highest BCUT2D eigenvalue weighted by atomic mass is 16.3. The maximum Gasteiger partial charge on any atom is 0.135 e. The maximum absolute atomic E-state index is 9.55. The number of aliphatic hydroxyl groups is 1. The van der Waals surface area contributed by atoms with Gasteiger partial charge in [-0.05, 0) is 27.7 Å². The Morgan fingerprint density at radius 1 is 1.08 bits per heavy atom. The van der Waals surface area contributed by atoms with Crippen molar-refractivity contribution in [3.8, 4) is 0 Å². The molecule has 0 unspecified atom stereocenters. The van der Waals surface area contributed by atoms with Gasteiger partial charge in [0, 0.05) is 6.42 Å². The van der Waals surface area contributed by atoms with E-state index in [1.54, 1.807) is 13.8 Å². The van der Waals surface area contributed by atoms with Crippen LogP contribution in [0.25, 0.3) is 0 Å². The van der Waals surface area contributed by atoms with Gasteiger partial charge in [-0.25, -0.2) is 15.0 Å². The lowest BCUT2D eigenvalue weighted by Gasteiger charge is -2.15. The molecule has 0 fully saturated rings. The Labute approximate surface area is 78.1 Å². The van der Waals surface area contributed by atoms with Crippen molar-refractivity contribution in [1.82, 2.24) is 15.0 Å². The van der Waals surface area contributed by atoms with Gasteiger partial charge in [-0.1, -0.05) is 0 Å². The van der Waals surface area contributed by atoms with E-state index in [1.807, 2.05) is 13.8 Å². The zero-order chi connectivity index (χ0) is 10.1. The topological polar surface area (TPSA) is 58.9 Å². The molecular formula is C9H15N3O. The van der Waals surface area contributed by atoms with Gasteiger partial charge in [0.1, 0.15) is 17.5 Å². The first kappa shape index (κ1) is 10.1. The first-order valence-corrected chi connectivity index (χ1v) is 4.27. The van der Waals surface area contributed by atoms with Crippen LogP contribution in [0.5, 0.6) is 0 Å². The second-order valence-corrected chi connectivity index (χ2v) is 3.84. The molecule has 0 bridgehead atoms. The average molecular weight is 181 g/mol. The third kappa shape index (κ3) is 3.46. The predicted molar refractivity (Wildman–Crippen MR) is 49.3 cm³/mol. The maximum atomic E-state index is 9.55. The van der Waals surface area contributed by atoms with Crippen LogP contribution in [0.2, 0.25) is 0 Å². The molecule has 0 spiro atoms. The van der Waals surface area contributed by atoms with Crippen molar-refractivity contribution in [1.29, 1.82) is 0 Å². The van der Waals surface area contributed by atoms with Crippen molar-refractivity contribution >= 4 is 0 Å². The van der Waals surface area contributed by atoms with Gasteiger partial charge in [0.25, 0.3) is 0 Å². The fourth-order valence-electron chi connectivity index (χ4n) is 1.15. The van der Waals surface area contributed by atoms with E-state index in [2.05, 4.69) is 15.0 Å². The summed E-state index contributed by atoms with van der Waals surface area (Å²) in [6.07, 6.45) is 0.456. The molecule has 0 saturated heterocycles. The minimum Gasteiger partial charge on any atom is -0.390 e. The second kappa shape index (κ2) is 3.38. The van der Waals surface area contributed by atoms with E-state index in [0.29, 0.717) is 23.9 Å². The summed E-state index contributed by atoms with van der Waals surface area (Å²) < 4.78 is 0. The Morgan fingerprint density at radius 2 is 1.54 bits per heavy atom. The van der Waals surface area contributed by atoms with Gasteiger partial charge in [-0.2, -0.15) is 0 Å². The predicted octanol–water partition coefficient (Wildman–Crippen LogP) is 0.802. The molecule has 4 heteroatoms. The molecule has 1 heterocycles. The lowest BCUT2D eigenvalue weighted by atomic mass is 10.1. The molecule has 1 N–H and O–H groups in total. The molecule has 1 aromatic heterocycles. The van der Waals surface area contributed by atoms with Crippen LogP contribution < -0.4 is 0 Å². The average Bonchev–Trinajstić information content (AvgIpc) is 1.78. The molecule has 1 rings (SSSR count). The van der Waals surface area contributed by atoms with Gasteiger partial charge >= 0.3 is 0 Å². The summed E-state index contributed by atoms with van der Waals surface area (Å²) in [5, 5.41) is 9.55. The van der Waals surface area contributed by atoms with E-state index in [-0.39, 0.29) is 0 Å². The van der Waals surface area contributed by atoms with Crippen molar-refractivity contribution in [2.24, 2.45) is 0 Å².